The SMILES string of the molecule is CC.Cc1ccccc1NC(=O)Nc1ccc(CC(=O)NCc2cccc(OCC(=O)O)c2)cc1. The fourth-order valence-electron chi connectivity index (χ4n) is 3.04. The van der Waals surface area contributed by atoms with E-state index in [1.165, 1.54) is 0 Å². The van der Waals surface area contributed by atoms with Crippen LogP contribution in [-0.2, 0) is 22.6 Å². The number of carbonyl (C=O) groups is 3. The first kappa shape index (κ1) is 26.9. The Bertz CT molecular complexity index is 1130. The average Bonchev–Trinajstić information content (AvgIpc) is 2.86. The first-order valence-corrected chi connectivity index (χ1v) is 11.3. The van der Waals surface area contributed by atoms with Gasteiger partial charge in [-0.05, 0) is 53.9 Å². The second-order valence-corrected chi connectivity index (χ2v) is 7.37. The largest absolute Gasteiger partial charge is 0.482 e. The predicted molar refractivity (Wildman–Crippen MR) is 137 cm³/mol. The molecule has 0 heterocycles. The van der Waals surface area contributed by atoms with Crippen LogP contribution >= 0.6 is 0 Å². The van der Waals surface area contributed by atoms with Crippen molar-refractivity contribution >= 4 is 29.3 Å². The molecule has 0 spiro atoms. The quantitative estimate of drug-likeness (QED) is 0.347. The lowest BCUT2D eigenvalue weighted by atomic mass is 10.1. The summed E-state index contributed by atoms with van der Waals surface area (Å²) in [6.45, 7) is 5.79. The van der Waals surface area contributed by atoms with Crippen LogP contribution in [0.25, 0.3) is 0 Å². The van der Waals surface area contributed by atoms with Gasteiger partial charge in [-0.3, -0.25) is 4.79 Å². The summed E-state index contributed by atoms with van der Waals surface area (Å²) in [4.78, 5) is 35.1. The molecule has 4 N–H and O–H groups in total. The van der Waals surface area contributed by atoms with E-state index in [0.717, 1.165) is 22.4 Å². The normalized spacial score (nSPS) is 9.80. The third-order valence-corrected chi connectivity index (χ3v) is 4.72. The minimum atomic E-state index is -1.05. The number of aryl methyl sites for hydroxylation is 1. The summed E-state index contributed by atoms with van der Waals surface area (Å²) in [7, 11) is 0. The molecule has 0 fully saturated rings. The first-order chi connectivity index (χ1) is 16.9. The molecule has 35 heavy (non-hydrogen) atoms. The van der Waals surface area contributed by atoms with E-state index in [4.69, 9.17) is 9.84 Å². The van der Waals surface area contributed by atoms with Crippen molar-refractivity contribution in [3.05, 3.63) is 89.5 Å². The number of aliphatic carboxylic acids is 1. The van der Waals surface area contributed by atoms with Gasteiger partial charge in [-0.15, -0.1) is 0 Å². The molecule has 0 aliphatic rings. The standard InChI is InChI=1S/C25H25N3O5.C2H6/c1-17-5-2-3-8-22(17)28-25(32)27-20-11-9-18(10-12-20)14-23(29)26-15-19-6-4-7-21(13-19)33-16-24(30)31;1-2/h2-13H,14-16H2,1H3,(H,26,29)(H,30,31)(H2,27,28,32);1-2H3. The Labute approximate surface area is 205 Å². The third kappa shape index (κ3) is 9.59. The van der Waals surface area contributed by atoms with Crippen molar-refractivity contribution in [1.82, 2.24) is 5.32 Å². The van der Waals surface area contributed by atoms with Crippen molar-refractivity contribution in [2.24, 2.45) is 0 Å². The summed E-state index contributed by atoms with van der Waals surface area (Å²) in [5.74, 6) is -0.787. The molecule has 0 radical (unpaired) electrons. The van der Waals surface area contributed by atoms with Gasteiger partial charge in [0.1, 0.15) is 5.75 Å². The molecule has 0 saturated heterocycles. The second kappa shape index (κ2) is 14.0. The van der Waals surface area contributed by atoms with E-state index in [0.29, 0.717) is 18.0 Å². The summed E-state index contributed by atoms with van der Waals surface area (Å²) in [6.07, 6.45) is 0.185. The highest BCUT2D eigenvalue weighted by Crippen LogP contribution is 2.16. The van der Waals surface area contributed by atoms with Gasteiger partial charge in [0.05, 0.1) is 6.42 Å². The van der Waals surface area contributed by atoms with Crippen molar-refractivity contribution in [3.63, 3.8) is 0 Å². The zero-order valence-electron chi connectivity index (χ0n) is 20.1. The van der Waals surface area contributed by atoms with Crippen molar-refractivity contribution in [2.45, 2.75) is 33.7 Å². The molecule has 0 aliphatic carbocycles. The molecule has 8 heteroatoms. The summed E-state index contributed by atoms with van der Waals surface area (Å²) >= 11 is 0. The highest BCUT2D eigenvalue weighted by Gasteiger charge is 2.07. The number of hydrogen-bond donors (Lipinski definition) is 4. The van der Waals surface area contributed by atoms with Gasteiger partial charge in [-0.1, -0.05) is 56.3 Å². The number of para-hydroxylation sites is 1. The lowest BCUT2D eigenvalue weighted by molar-refractivity contribution is -0.139. The molecular formula is C27H31N3O5. The lowest BCUT2D eigenvalue weighted by Crippen LogP contribution is -2.24. The maximum atomic E-state index is 12.3. The van der Waals surface area contributed by atoms with Gasteiger partial charge in [0, 0.05) is 17.9 Å². The zero-order chi connectivity index (χ0) is 25.6. The molecule has 184 valence electrons. The average molecular weight is 478 g/mol. The molecule has 3 aromatic rings. The lowest BCUT2D eigenvalue weighted by Gasteiger charge is -2.10. The van der Waals surface area contributed by atoms with Gasteiger partial charge in [0.15, 0.2) is 6.61 Å². The third-order valence-electron chi connectivity index (χ3n) is 4.72. The minimum Gasteiger partial charge on any atom is -0.482 e. The molecular weight excluding hydrogens is 446 g/mol. The van der Waals surface area contributed by atoms with E-state index in [1.54, 1.807) is 42.5 Å². The van der Waals surface area contributed by atoms with Crippen LogP contribution < -0.4 is 20.7 Å². The molecule has 3 amide bonds. The Morgan fingerprint density at radius 2 is 1.57 bits per heavy atom. The van der Waals surface area contributed by atoms with Gasteiger partial charge < -0.3 is 25.8 Å². The number of nitrogens with one attached hydrogen (secondary N) is 3. The highest BCUT2D eigenvalue weighted by molar-refractivity contribution is 6.00. The van der Waals surface area contributed by atoms with Crippen LogP contribution in [0.15, 0.2) is 72.8 Å². The number of carboxylic acid groups (broad SMARTS) is 1. The minimum absolute atomic E-state index is 0.162. The molecule has 0 aromatic heterocycles. The number of anilines is 2. The second-order valence-electron chi connectivity index (χ2n) is 7.37. The Morgan fingerprint density at radius 3 is 2.26 bits per heavy atom. The number of carbonyl (C=O) groups excluding carboxylic acids is 2. The Balaban J connectivity index is 0.00000210. The summed E-state index contributed by atoms with van der Waals surface area (Å²) in [6, 6.07) is 21.1. The summed E-state index contributed by atoms with van der Waals surface area (Å²) < 4.78 is 5.14. The van der Waals surface area contributed by atoms with Gasteiger partial charge in [0.25, 0.3) is 0 Å². The molecule has 8 nitrogen and oxygen atoms in total. The molecule has 0 saturated carbocycles. The number of hydrogen-bond acceptors (Lipinski definition) is 4. The monoisotopic (exact) mass is 477 g/mol. The Hall–Kier alpha value is -4.33. The van der Waals surface area contributed by atoms with E-state index >= 15 is 0 Å². The van der Waals surface area contributed by atoms with Crippen molar-refractivity contribution in [3.8, 4) is 5.75 Å². The van der Waals surface area contributed by atoms with Crippen LogP contribution in [-0.4, -0.2) is 29.6 Å². The van der Waals surface area contributed by atoms with Gasteiger partial charge >= 0.3 is 12.0 Å². The molecule has 0 unspecified atom stereocenters. The highest BCUT2D eigenvalue weighted by atomic mass is 16.5. The number of benzene rings is 3. The Morgan fingerprint density at radius 1 is 0.857 bits per heavy atom. The van der Waals surface area contributed by atoms with Crippen molar-refractivity contribution in [1.29, 1.82) is 0 Å². The molecule has 0 atom stereocenters. The number of urea groups is 1. The maximum Gasteiger partial charge on any atom is 0.341 e. The molecule has 3 rings (SSSR count). The molecule has 0 aliphatic heterocycles. The topological polar surface area (TPSA) is 117 Å². The van der Waals surface area contributed by atoms with E-state index in [9.17, 15) is 14.4 Å². The number of carboxylic acids is 1. The number of amides is 3. The predicted octanol–water partition coefficient (Wildman–Crippen LogP) is 4.99. The van der Waals surface area contributed by atoms with Crippen LogP contribution in [0.2, 0.25) is 0 Å². The van der Waals surface area contributed by atoms with Crippen LogP contribution in [0.1, 0.15) is 30.5 Å². The van der Waals surface area contributed by atoms with Gasteiger partial charge in [-0.25, -0.2) is 9.59 Å². The zero-order valence-corrected chi connectivity index (χ0v) is 20.1. The van der Waals surface area contributed by atoms with E-state index in [1.807, 2.05) is 51.1 Å². The number of rotatable bonds is 9. The summed E-state index contributed by atoms with van der Waals surface area (Å²) in [5, 5.41) is 17.1. The van der Waals surface area contributed by atoms with Gasteiger partial charge in [-0.2, -0.15) is 0 Å². The Kier molecular flexibility index (Phi) is 10.8. The van der Waals surface area contributed by atoms with E-state index in [-0.39, 0.29) is 18.4 Å². The number of ether oxygens (including phenoxy) is 1. The molecule has 0 bridgehead atoms. The summed E-state index contributed by atoms with van der Waals surface area (Å²) in [5.41, 5.74) is 3.92. The van der Waals surface area contributed by atoms with Crippen molar-refractivity contribution in [2.75, 3.05) is 17.2 Å². The maximum absolute atomic E-state index is 12.3. The van der Waals surface area contributed by atoms with E-state index < -0.39 is 12.6 Å². The van der Waals surface area contributed by atoms with Gasteiger partial charge in [0.2, 0.25) is 5.91 Å². The fourth-order valence-corrected chi connectivity index (χ4v) is 3.04. The molecule has 3 aromatic carbocycles. The van der Waals surface area contributed by atoms with Crippen molar-refractivity contribution < 1.29 is 24.2 Å². The van der Waals surface area contributed by atoms with E-state index in [2.05, 4.69) is 16.0 Å². The van der Waals surface area contributed by atoms with Crippen LogP contribution in [0, 0.1) is 6.92 Å². The first-order valence-electron chi connectivity index (χ1n) is 11.3. The smallest absolute Gasteiger partial charge is 0.341 e. The van der Waals surface area contributed by atoms with Crippen LogP contribution in [0.4, 0.5) is 16.2 Å². The van der Waals surface area contributed by atoms with Crippen LogP contribution in [0.5, 0.6) is 5.75 Å². The fraction of sp³-hybridized carbons (Fsp3) is 0.222. The van der Waals surface area contributed by atoms with Crippen LogP contribution in [0.3, 0.4) is 0 Å².